The zero-order chi connectivity index (χ0) is 10.2. The molecule has 0 aliphatic rings. The summed E-state index contributed by atoms with van der Waals surface area (Å²) >= 11 is 0. The lowest BCUT2D eigenvalue weighted by Gasteiger charge is -2.13. The van der Waals surface area contributed by atoms with Gasteiger partial charge >= 0.3 is 7.60 Å². The summed E-state index contributed by atoms with van der Waals surface area (Å²) < 4.78 is 21.8. The van der Waals surface area contributed by atoms with Gasteiger partial charge in [0.15, 0.2) is 0 Å². The largest absolute Gasteiger partial charge is 0.327 e. The molecule has 0 fully saturated rings. The van der Waals surface area contributed by atoms with E-state index >= 15 is 0 Å². The molecule has 0 saturated heterocycles. The Balaban J connectivity index is 3.49. The van der Waals surface area contributed by atoms with Gasteiger partial charge in [-0.2, -0.15) is 0 Å². The minimum atomic E-state index is -2.75. The maximum atomic E-state index is 11.5. The Morgan fingerprint density at radius 2 is 1.46 bits per heavy atom. The van der Waals surface area contributed by atoms with E-state index in [4.69, 9.17) is 9.05 Å². The fourth-order valence-corrected chi connectivity index (χ4v) is 1.78. The van der Waals surface area contributed by atoms with Crippen molar-refractivity contribution in [1.29, 1.82) is 0 Å². The van der Waals surface area contributed by atoms with Crippen molar-refractivity contribution < 1.29 is 13.6 Å². The van der Waals surface area contributed by atoms with Crippen LogP contribution in [0, 0.1) is 0 Å². The first kappa shape index (κ1) is 13.2. The number of hydrogen-bond donors (Lipinski definition) is 0. The quantitative estimate of drug-likeness (QED) is 0.454. The van der Waals surface area contributed by atoms with Crippen LogP contribution in [-0.4, -0.2) is 19.9 Å². The predicted octanol–water partition coefficient (Wildman–Crippen LogP) is 3.44. The molecule has 0 aliphatic heterocycles. The summed E-state index contributed by atoms with van der Waals surface area (Å²) in [7, 11) is -2.75. The molecule has 0 aromatic rings. The third kappa shape index (κ3) is 8.48. The Hall–Kier alpha value is 0.150. The van der Waals surface area contributed by atoms with Crippen molar-refractivity contribution in [2.45, 2.75) is 39.5 Å². The Bertz CT molecular complexity index is 145. The smallest absolute Gasteiger partial charge is 0.309 e. The molecule has 0 N–H and O–H groups in total. The van der Waals surface area contributed by atoms with Crippen molar-refractivity contribution in [1.82, 2.24) is 0 Å². The molecular formula is C9H21O3P. The lowest BCUT2D eigenvalue weighted by Crippen LogP contribution is -1.97. The van der Waals surface area contributed by atoms with E-state index in [1.807, 2.05) is 0 Å². The minimum absolute atomic E-state index is 0.538. The van der Waals surface area contributed by atoms with Crippen LogP contribution >= 0.6 is 7.60 Å². The standard InChI is InChI=1S/C9H21O3P/c1-4-6-8-11-13(3,10)12-9-7-5-2/h4-9H2,1-3H3/i3+2. The third-order valence-corrected chi connectivity index (χ3v) is 2.95. The lowest BCUT2D eigenvalue weighted by molar-refractivity contribution is 0.204. The molecule has 0 heterocycles. The maximum Gasteiger partial charge on any atom is 0.327 e. The van der Waals surface area contributed by atoms with Crippen molar-refractivity contribution in [2.75, 3.05) is 19.9 Å². The van der Waals surface area contributed by atoms with Gasteiger partial charge in [0.1, 0.15) is 0 Å². The van der Waals surface area contributed by atoms with Crippen molar-refractivity contribution in [2.24, 2.45) is 0 Å². The first-order chi connectivity index (χ1) is 6.12. The zero-order valence-corrected chi connectivity index (χ0v) is 9.81. The second-order valence-electron chi connectivity index (χ2n) is 3.14. The van der Waals surface area contributed by atoms with E-state index in [9.17, 15) is 4.57 Å². The highest BCUT2D eigenvalue weighted by Crippen LogP contribution is 2.43. The molecule has 0 unspecified atom stereocenters. The average molecular weight is 210 g/mol. The van der Waals surface area contributed by atoms with Crippen LogP contribution in [0.15, 0.2) is 0 Å². The molecule has 0 saturated carbocycles. The van der Waals surface area contributed by atoms with Crippen LogP contribution in [0.2, 0.25) is 0 Å². The minimum Gasteiger partial charge on any atom is -0.309 e. The van der Waals surface area contributed by atoms with Gasteiger partial charge in [-0.1, -0.05) is 26.7 Å². The molecule has 0 radical (unpaired) electrons. The molecule has 13 heavy (non-hydrogen) atoms. The monoisotopic (exact) mass is 210 g/mol. The zero-order valence-electron chi connectivity index (χ0n) is 8.91. The van der Waals surface area contributed by atoms with Crippen LogP contribution in [-0.2, 0) is 13.6 Å². The van der Waals surface area contributed by atoms with Crippen molar-refractivity contribution in [3.63, 3.8) is 0 Å². The van der Waals surface area contributed by atoms with Gasteiger partial charge in [0.05, 0.1) is 13.2 Å². The Morgan fingerprint density at radius 1 is 1.08 bits per heavy atom. The Labute approximate surface area is 81.3 Å². The third-order valence-electron chi connectivity index (χ3n) is 1.65. The molecule has 0 aromatic heterocycles. The molecule has 0 bridgehead atoms. The molecule has 80 valence electrons. The van der Waals surface area contributed by atoms with Gasteiger partial charge in [-0.15, -0.1) is 0 Å². The van der Waals surface area contributed by atoms with E-state index in [-0.39, 0.29) is 0 Å². The maximum absolute atomic E-state index is 11.5. The SMILES string of the molecule is CCCCOP([14CH3])(=O)OCCCC. The van der Waals surface area contributed by atoms with Gasteiger partial charge in [0, 0.05) is 6.66 Å². The molecule has 0 aliphatic carbocycles. The number of rotatable bonds is 8. The molecule has 0 rings (SSSR count). The van der Waals surface area contributed by atoms with Gasteiger partial charge < -0.3 is 9.05 Å². The highest BCUT2D eigenvalue weighted by molar-refractivity contribution is 7.52. The van der Waals surface area contributed by atoms with E-state index in [1.165, 1.54) is 0 Å². The summed E-state index contributed by atoms with van der Waals surface area (Å²) in [6.45, 7) is 6.76. The van der Waals surface area contributed by atoms with E-state index < -0.39 is 7.60 Å². The summed E-state index contributed by atoms with van der Waals surface area (Å²) in [5, 5.41) is 0. The molecule has 4 heteroatoms. The van der Waals surface area contributed by atoms with Crippen LogP contribution in [0.5, 0.6) is 0 Å². The van der Waals surface area contributed by atoms with Gasteiger partial charge in [0.2, 0.25) is 0 Å². The molecular weight excluding hydrogens is 189 g/mol. The molecule has 0 amide bonds. The summed E-state index contributed by atoms with van der Waals surface area (Å²) in [5.74, 6) is 0. The molecule has 0 atom stereocenters. The van der Waals surface area contributed by atoms with E-state index in [2.05, 4.69) is 13.8 Å². The van der Waals surface area contributed by atoms with Gasteiger partial charge in [0.25, 0.3) is 0 Å². The number of unbranched alkanes of at least 4 members (excludes halogenated alkanes) is 2. The summed E-state index contributed by atoms with van der Waals surface area (Å²) in [5.41, 5.74) is 0. The topological polar surface area (TPSA) is 35.5 Å². The second-order valence-corrected chi connectivity index (χ2v) is 5.20. The van der Waals surface area contributed by atoms with E-state index in [0.29, 0.717) is 13.2 Å². The van der Waals surface area contributed by atoms with Crippen LogP contribution in [0.1, 0.15) is 39.5 Å². The highest BCUT2D eigenvalue weighted by Gasteiger charge is 2.15. The van der Waals surface area contributed by atoms with Crippen LogP contribution < -0.4 is 0 Å². The molecule has 0 aromatic carbocycles. The normalized spacial score (nSPS) is 11.9. The second kappa shape index (κ2) is 7.54. The number of hydrogen-bond acceptors (Lipinski definition) is 3. The van der Waals surface area contributed by atoms with Crippen LogP contribution in [0.3, 0.4) is 0 Å². The summed E-state index contributed by atoms with van der Waals surface area (Å²) in [4.78, 5) is 0. The van der Waals surface area contributed by atoms with Crippen LogP contribution in [0.25, 0.3) is 0 Å². The van der Waals surface area contributed by atoms with Crippen LogP contribution in [0.4, 0.5) is 0 Å². The summed E-state index contributed by atoms with van der Waals surface area (Å²) in [6, 6.07) is 0. The average Bonchev–Trinajstić information content (AvgIpc) is 2.05. The van der Waals surface area contributed by atoms with Gasteiger partial charge in [-0.05, 0) is 12.8 Å². The van der Waals surface area contributed by atoms with Gasteiger partial charge in [-0.25, -0.2) is 0 Å². The summed E-state index contributed by atoms with van der Waals surface area (Å²) in [6.07, 6.45) is 3.98. The predicted molar refractivity (Wildman–Crippen MR) is 55.3 cm³/mol. The first-order valence-electron chi connectivity index (χ1n) is 4.99. The van der Waals surface area contributed by atoms with Gasteiger partial charge in [-0.3, -0.25) is 4.57 Å². The Kier molecular flexibility index (Phi) is 7.63. The van der Waals surface area contributed by atoms with E-state index in [1.54, 1.807) is 6.66 Å². The Morgan fingerprint density at radius 3 is 1.77 bits per heavy atom. The van der Waals surface area contributed by atoms with Crippen molar-refractivity contribution in [3.8, 4) is 0 Å². The fraction of sp³-hybridized carbons (Fsp3) is 1.00. The lowest BCUT2D eigenvalue weighted by atomic mass is 10.4. The van der Waals surface area contributed by atoms with E-state index in [0.717, 1.165) is 25.7 Å². The highest BCUT2D eigenvalue weighted by atomic mass is 31.2. The van der Waals surface area contributed by atoms with Crippen molar-refractivity contribution in [3.05, 3.63) is 0 Å². The first-order valence-corrected chi connectivity index (χ1v) is 6.98. The molecule has 3 nitrogen and oxygen atoms in total. The fourth-order valence-electron chi connectivity index (χ4n) is 0.787. The van der Waals surface area contributed by atoms with Crippen molar-refractivity contribution >= 4 is 7.60 Å². The molecule has 0 spiro atoms.